The number of hydrogen-bond donors (Lipinski definition) is 1. The molecule has 0 radical (unpaired) electrons. The van der Waals surface area contributed by atoms with Crippen molar-refractivity contribution in [1.82, 2.24) is 5.32 Å². The smallest absolute Gasteiger partial charge is 0.302 e. The van der Waals surface area contributed by atoms with Gasteiger partial charge in [-0.25, -0.2) is 0 Å². The van der Waals surface area contributed by atoms with Crippen molar-refractivity contribution in [2.75, 3.05) is 13.1 Å². The monoisotopic (exact) mass is 273 g/mol. The van der Waals surface area contributed by atoms with Crippen molar-refractivity contribution < 1.29 is 18.0 Å². The lowest BCUT2D eigenvalue weighted by Gasteiger charge is -2.19. The molecule has 0 amide bonds. The highest BCUT2D eigenvalue weighted by atomic mass is 19.4. The summed E-state index contributed by atoms with van der Waals surface area (Å²) in [5.74, 6) is -0.343. The van der Waals surface area contributed by atoms with E-state index in [4.69, 9.17) is 0 Å². The molecule has 1 aromatic rings. The molecule has 0 aromatic heterocycles. The average molecular weight is 273 g/mol. The number of ketones is 1. The van der Waals surface area contributed by atoms with Gasteiger partial charge in [0.2, 0.25) is 0 Å². The van der Waals surface area contributed by atoms with Gasteiger partial charge in [0.1, 0.15) is 0 Å². The molecule has 1 N–H and O–H groups in total. The first-order valence-corrected chi connectivity index (χ1v) is 6.01. The predicted molar refractivity (Wildman–Crippen MR) is 68.4 cm³/mol. The first-order valence-electron chi connectivity index (χ1n) is 6.01. The van der Waals surface area contributed by atoms with Crippen molar-refractivity contribution in [3.8, 4) is 0 Å². The molecule has 0 unspecified atom stereocenters. The number of halogens is 3. The molecule has 0 spiro atoms. The molecule has 0 aliphatic carbocycles. The summed E-state index contributed by atoms with van der Waals surface area (Å²) in [5, 5.41) is 2.09. The highest BCUT2D eigenvalue weighted by molar-refractivity contribution is 5.97. The number of carbonyl (C=O) groups excluding carboxylic acids is 1. The molecule has 0 saturated carbocycles. The Bertz CT molecular complexity index is 429. The average Bonchev–Trinajstić information content (AvgIpc) is 2.26. The summed E-state index contributed by atoms with van der Waals surface area (Å²) in [6, 6.07) is 6.96. The van der Waals surface area contributed by atoms with E-state index in [0.29, 0.717) is 5.56 Å². The lowest BCUT2D eigenvalue weighted by Crippen LogP contribution is -2.32. The Morgan fingerprint density at radius 2 is 1.63 bits per heavy atom. The van der Waals surface area contributed by atoms with Crippen molar-refractivity contribution in [1.29, 1.82) is 0 Å². The Labute approximate surface area is 111 Å². The molecule has 0 heterocycles. The number of hydrogen-bond acceptors (Lipinski definition) is 2. The van der Waals surface area contributed by atoms with Gasteiger partial charge >= 0.3 is 6.18 Å². The van der Waals surface area contributed by atoms with E-state index in [1.165, 1.54) is 0 Å². The fourth-order valence-corrected chi connectivity index (χ4v) is 1.58. The number of carbonyl (C=O) groups is 1. The first-order chi connectivity index (χ1) is 8.59. The van der Waals surface area contributed by atoms with Crippen LogP contribution in [0.5, 0.6) is 0 Å². The normalized spacial score (nSPS) is 12.5. The van der Waals surface area contributed by atoms with Crippen LogP contribution in [-0.2, 0) is 5.41 Å². The predicted octanol–water partition coefficient (Wildman–Crippen LogP) is 3.32. The van der Waals surface area contributed by atoms with Crippen LogP contribution in [-0.4, -0.2) is 25.0 Å². The van der Waals surface area contributed by atoms with Crippen molar-refractivity contribution in [2.45, 2.75) is 32.4 Å². The highest BCUT2D eigenvalue weighted by Gasteiger charge is 2.26. The summed E-state index contributed by atoms with van der Waals surface area (Å²) in [7, 11) is 0. The number of alkyl halides is 3. The SMILES string of the molecule is CC(C)(C)c1ccc(C(=O)CNCC(F)(F)F)cc1. The van der Waals surface area contributed by atoms with E-state index in [2.05, 4.69) is 26.1 Å². The van der Waals surface area contributed by atoms with Crippen LogP contribution in [0.25, 0.3) is 0 Å². The topological polar surface area (TPSA) is 29.1 Å². The van der Waals surface area contributed by atoms with Crippen LogP contribution in [0.4, 0.5) is 13.2 Å². The third-order valence-electron chi connectivity index (χ3n) is 2.68. The first kappa shape index (κ1) is 15.7. The van der Waals surface area contributed by atoms with Crippen LogP contribution in [0.1, 0.15) is 36.7 Å². The molecule has 19 heavy (non-hydrogen) atoms. The van der Waals surface area contributed by atoms with Crippen LogP contribution >= 0.6 is 0 Å². The van der Waals surface area contributed by atoms with Crippen molar-refractivity contribution >= 4 is 5.78 Å². The van der Waals surface area contributed by atoms with Gasteiger partial charge in [0, 0.05) is 5.56 Å². The molecule has 106 valence electrons. The van der Waals surface area contributed by atoms with E-state index in [0.717, 1.165) is 5.56 Å². The van der Waals surface area contributed by atoms with E-state index >= 15 is 0 Å². The van der Waals surface area contributed by atoms with Gasteiger partial charge in [-0.15, -0.1) is 0 Å². The molecule has 0 bridgehead atoms. The van der Waals surface area contributed by atoms with Crippen molar-refractivity contribution in [2.24, 2.45) is 0 Å². The second-order valence-corrected chi connectivity index (χ2v) is 5.47. The number of Topliss-reactive ketones (excluding diaryl/α,β-unsaturated/α-hetero) is 1. The van der Waals surface area contributed by atoms with Crippen LogP contribution in [0.2, 0.25) is 0 Å². The Morgan fingerprint density at radius 3 is 2.05 bits per heavy atom. The van der Waals surface area contributed by atoms with Gasteiger partial charge in [0.15, 0.2) is 5.78 Å². The Kier molecular flexibility index (Phi) is 4.74. The van der Waals surface area contributed by atoms with Crippen LogP contribution in [0, 0.1) is 0 Å². The molecule has 0 atom stereocenters. The van der Waals surface area contributed by atoms with Crippen LogP contribution < -0.4 is 5.32 Å². The van der Waals surface area contributed by atoms with Gasteiger partial charge in [0.25, 0.3) is 0 Å². The Hall–Kier alpha value is -1.36. The van der Waals surface area contributed by atoms with E-state index < -0.39 is 12.7 Å². The van der Waals surface area contributed by atoms with Gasteiger partial charge in [0.05, 0.1) is 13.1 Å². The second kappa shape index (κ2) is 5.74. The molecule has 0 aliphatic rings. The summed E-state index contributed by atoms with van der Waals surface area (Å²) >= 11 is 0. The number of nitrogens with one attached hydrogen (secondary N) is 1. The third kappa shape index (κ3) is 5.42. The van der Waals surface area contributed by atoms with Gasteiger partial charge in [-0.05, 0) is 11.0 Å². The van der Waals surface area contributed by atoms with Crippen molar-refractivity contribution in [3.05, 3.63) is 35.4 Å². The van der Waals surface area contributed by atoms with E-state index in [9.17, 15) is 18.0 Å². The minimum atomic E-state index is -4.30. The molecule has 1 rings (SSSR count). The van der Waals surface area contributed by atoms with Gasteiger partial charge in [-0.3, -0.25) is 4.79 Å². The van der Waals surface area contributed by atoms with Gasteiger partial charge in [-0.2, -0.15) is 13.2 Å². The summed E-state index contributed by atoms with van der Waals surface area (Å²) in [4.78, 5) is 11.7. The molecular weight excluding hydrogens is 255 g/mol. The largest absolute Gasteiger partial charge is 0.401 e. The summed E-state index contributed by atoms with van der Waals surface area (Å²) in [6.07, 6.45) is -4.30. The highest BCUT2D eigenvalue weighted by Crippen LogP contribution is 2.22. The standard InChI is InChI=1S/C14H18F3NO/c1-13(2,3)11-6-4-10(5-7-11)12(19)8-18-9-14(15,16)17/h4-7,18H,8-9H2,1-3H3. The fraction of sp³-hybridized carbons (Fsp3) is 0.500. The van der Waals surface area contributed by atoms with Crippen LogP contribution in [0.15, 0.2) is 24.3 Å². The van der Waals surface area contributed by atoms with E-state index in [-0.39, 0.29) is 17.7 Å². The number of benzene rings is 1. The quantitative estimate of drug-likeness (QED) is 0.853. The van der Waals surface area contributed by atoms with Crippen LogP contribution in [0.3, 0.4) is 0 Å². The molecule has 5 heteroatoms. The lowest BCUT2D eigenvalue weighted by molar-refractivity contribution is -0.124. The summed E-state index contributed by atoms with van der Waals surface area (Å²) in [6.45, 7) is 4.69. The maximum atomic E-state index is 11.9. The zero-order valence-corrected chi connectivity index (χ0v) is 11.3. The van der Waals surface area contributed by atoms with Gasteiger partial charge < -0.3 is 5.32 Å². The Balaban J connectivity index is 2.59. The second-order valence-electron chi connectivity index (χ2n) is 5.47. The lowest BCUT2D eigenvalue weighted by atomic mass is 9.86. The zero-order valence-electron chi connectivity index (χ0n) is 11.3. The minimum absolute atomic E-state index is 0.0177. The fourth-order valence-electron chi connectivity index (χ4n) is 1.58. The van der Waals surface area contributed by atoms with E-state index in [1.54, 1.807) is 12.1 Å². The molecule has 0 saturated heterocycles. The molecule has 0 fully saturated rings. The number of rotatable bonds is 4. The summed E-state index contributed by atoms with van der Waals surface area (Å²) < 4.78 is 35.8. The Morgan fingerprint density at radius 1 is 1.11 bits per heavy atom. The molecule has 0 aliphatic heterocycles. The maximum Gasteiger partial charge on any atom is 0.401 e. The zero-order chi connectivity index (χ0) is 14.7. The molecule has 1 aromatic carbocycles. The third-order valence-corrected chi connectivity index (χ3v) is 2.68. The maximum absolute atomic E-state index is 11.9. The van der Waals surface area contributed by atoms with E-state index in [1.807, 2.05) is 12.1 Å². The minimum Gasteiger partial charge on any atom is -0.302 e. The molecular formula is C14H18F3NO. The van der Waals surface area contributed by atoms with Crippen molar-refractivity contribution in [3.63, 3.8) is 0 Å². The van der Waals surface area contributed by atoms with Gasteiger partial charge in [-0.1, -0.05) is 45.0 Å². The summed E-state index contributed by atoms with van der Waals surface area (Å²) in [5.41, 5.74) is 1.48. The molecule has 2 nitrogen and oxygen atoms in total.